The van der Waals surface area contributed by atoms with E-state index in [4.69, 9.17) is 19.1 Å². The summed E-state index contributed by atoms with van der Waals surface area (Å²) in [6.45, 7) is 4.63. The van der Waals surface area contributed by atoms with E-state index in [0.29, 0.717) is 25.5 Å². The van der Waals surface area contributed by atoms with Crippen LogP contribution < -0.4 is 16.4 Å². The zero-order valence-electron chi connectivity index (χ0n) is 19.1. The van der Waals surface area contributed by atoms with E-state index in [9.17, 15) is 14.3 Å². The summed E-state index contributed by atoms with van der Waals surface area (Å²) in [5.74, 6) is 0.183. The first kappa shape index (κ1) is 24.3. The van der Waals surface area contributed by atoms with Gasteiger partial charge in [-0.1, -0.05) is 6.07 Å². The fourth-order valence-corrected chi connectivity index (χ4v) is 3.93. The number of hydrogen-bond donors (Lipinski definition) is 4. The van der Waals surface area contributed by atoms with E-state index in [-0.39, 0.29) is 46.8 Å². The van der Waals surface area contributed by atoms with Gasteiger partial charge in [0.15, 0.2) is 11.8 Å². The number of morpholine rings is 1. The number of fused-ring (bicyclic) bond motifs is 1. The highest BCUT2D eigenvalue weighted by atomic mass is 19.1. The molecule has 0 aliphatic carbocycles. The molecule has 1 aliphatic rings. The van der Waals surface area contributed by atoms with Gasteiger partial charge in [0.2, 0.25) is 0 Å². The molecule has 1 aromatic carbocycles. The fourth-order valence-electron chi connectivity index (χ4n) is 3.93. The SMILES string of the molecule is Cc1ccc(Nc2c(C(O)NOCCO)c3oc(CN4CCOCC4)cc3c(=O)n2C)c(F)c1. The monoisotopic (exact) mass is 476 g/mol. The van der Waals surface area contributed by atoms with Crippen LogP contribution >= 0.6 is 0 Å². The number of rotatable bonds is 9. The third-order valence-electron chi connectivity index (χ3n) is 5.68. The van der Waals surface area contributed by atoms with E-state index in [2.05, 4.69) is 15.7 Å². The maximum atomic E-state index is 14.6. The topological polar surface area (TPSA) is 121 Å². The quantitative estimate of drug-likeness (QED) is 0.208. The second-order valence-corrected chi connectivity index (χ2v) is 8.17. The first-order valence-corrected chi connectivity index (χ1v) is 11.0. The number of hydroxylamine groups is 1. The second kappa shape index (κ2) is 10.6. The van der Waals surface area contributed by atoms with Gasteiger partial charge in [0.1, 0.15) is 17.4 Å². The molecule has 1 aliphatic heterocycles. The van der Waals surface area contributed by atoms with Crippen molar-refractivity contribution < 1.29 is 28.6 Å². The third kappa shape index (κ3) is 5.14. The molecule has 0 bridgehead atoms. The summed E-state index contributed by atoms with van der Waals surface area (Å²) >= 11 is 0. The van der Waals surface area contributed by atoms with E-state index >= 15 is 0 Å². The average molecular weight is 477 g/mol. The van der Waals surface area contributed by atoms with Crippen LogP contribution in [0.2, 0.25) is 0 Å². The van der Waals surface area contributed by atoms with Crippen LogP contribution in [0.4, 0.5) is 15.9 Å². The van der Waals surface area contributed by atoms with E-state index in [1.807, 2.05) is 0 Å². The zero-order valence-corrected chi connectivity index (χ0v) is 19.1. The highest BCUT2D eigenvalue weighted by Gasteiger charge is 2.26. The molecule has 1 fully saturated rings. The molecular formula is C23H29FN4O6. The number of furan rings is 1. The Kier molecular flexibility index (Phi) is 7.61. The van der Waals surface area contributed by atoms with Gasteiger partial charge < -0.3 is 24.7 Å². The summed E-state index contributed by atoms with van der Waals surface area (Å²) < 4.78 is 27.3. The molecular weight excluding hydrogens is 447 g/mol. The van der Waals surface area contributed by atoms with E-state index < -0.39 is 12.0 Å². The zero-order chi connectivity index (χ0) is 24.2. The maximum absolute atomic E-state index is 14.6. The summed E-state index contributed by atoms with van der Waals surface area (Å²) in [7, 11) is 1.52. The molecule has 3 aromatic rings. The molecule has 3 heterocycles. The molecule has 4 N–H and O–H groups in total. The molecule has 11 heteroatoms. The minimum absolute atomic E-state index is 0.0677. The van der Waals surface area contributed by atoms with Crippen molar-refractivity contribution in [2.24, 2.45) is 7.05 Å². The molecule has 4 rings (SSSR count). The molecule has 2 aromatic heterocycles. The number of pyridine rings is 1. The number of nitrogens with one attached hydrogen (secondary N) is 2. The highest BCUT2D eigenvalue weighted by molar-refractivity contribution is 5.85. The lowest BCUT2D eigenvalue weighted by Crippen LogP contribution is -2.35. The maximum Gasteiger partial charge on any atom is 0.263 e. The Labute approximate surface area is 195 Å². The summed E-state index contributed by atoms with van der Waals surface area (Å²) in [6.07, 6.45) is -1.45. The number of benzene rings is 1. The Morgan fingerprint density at radius 1 is 1.26 bits per heavy atom. The number of aliphatic hydroxyl groups excluding tert-OH is 2. The Hall–Kier alpha value is -2.80. The van der Waals surface area contributed by atoms with Crippen LogP contribution in [0.25, 0.3) is 11.0 Å². The van der Waals surface area contributed by atoms with E-state index in [1.165, 1.54) is 17.7 Å². The molecule has 1 unspecified atom stereocenters. The lowest BCUT2D eigenvalue weighted by atomic mass is 10.1. The van der Waals surface area contributed by atoms with Gasteiger partial charge in [-0.3, -0.25) is 19.1 Å². The van der Waals surface area contributed by atoms with Gasteiger partial charge in [0.05, 0.1) is 49.6 Å². The number of aryl methyl sites for hydroxylation is 1. The number of anilines is 2. The lowest BCUT2D eigenvalue weighted by Gasteiger charge is -2.25. The number of aliphatic hydroxyl groups is 2. The molecule has 1 saturated heterocycles. The predicted octanol–water partition coefficient (Wildman–Crippen LogP) is 1.66. The normalized spacial score (nSPS) is 15.7. The molecule has 0 radical (unpaired) electrons. The van der Waals surface area contributed by atoms with Crippen LogP contribution in [0, 0.1) is 12.7 Å². The Bertz CT molecular complexity index is 1200. The molecule has 34 heavy (non-hydrogen) atoms. The smallest absolute Gasteiger partial charge is 0.263 e. The average Bonchev–Trinajstić information content (AvgIpc) is 3.23. The van der Waals surface area contributed by atoms with Gasteiger partial charge in [-0.15, -0.1) is 0 Å². The first-order valence-electron chi connectivity index (χ1n) is 11.0. The lowest BCUT2D eigenvalue weighted by molar-refractivity contribution is -0.0673. The number of halogens is 1. The van der Waals surface area contributed by atoms with Crippen molar-refractivity contribution in [1.29, 1.82) is 0 Å². The minimum Gasteiger partial charge on any atom is -0.459 e. The van der Waals surface area contributed by atoms with Crippen LogP contribution in [-0.4, -0.2) is 59.2 Å². The standard InChI is InChI=1S/C23H29FN4O6/c1-14-3-4-18(17(24)11-14)25-21-19(22(30)26-33-10-7-29)20-16(23(31)27(21)2)12-15(34-20)13-28-5-8-32-9-6-28/h3-4,11-12,22,25-26,29-30H,5-10,13H2,1-2H3. The molecule has 0 saturated carbocycles. The van der Waals surface area contributed by atoms with Crippen molar-refractivity contribution in [3.05, 3.63) is 57.3 Å². The van der Waals surface area contributed by atoms with Gasteiger partial charge in [0.25, 0.3) is 5.56 Å². The van der Waals surface area contributed by atoms with E-state index in [1.54, 1.807) is 25.1 Å². The molecule has 0 spiro atoms. The Balaban J connectivity index is 1.80. The van der Waals surface area contributed by atoms with Crippen LogP contribution in [0.15, 0.2) is 33.5 Å². The summed E-state index contributed by atoms with van der Waals surface area (Å²) in [5, 5.41) is 23.1. The first-order chi connectivity index (χ1) is 16.4. The van der Waals surface area contributed by atoms with E-state index in [0.717, 1.165) is 18.7 Å². The van der Waals surface area contributed by atoms with Crippen LogP contribution in [-0.2, 0) is 23.2 Å². The van der Waals surface area contributed by atoms with Gasteiger partial charge in [-0.2, -0.15) is 5.48 Å². The highest BCUT2D eigenvalue weighted by Crippen LogP contribution is 2.33. The predicted molar refractivity (Wildman–Crippen MR) is 123 cm³/mol. The van der Waals surface area contributed by atoms with Crippen LogP contribution in [0.3, 0.4) is 0 Å². The third-order valence-corrected chi connectivity index (χ3v) is 5.68. The number of nitrogens with zero attached hydrogens (tertiary/aromatic N) is 2. The molecule has 0 amide bonds. The fraction of sp³-hybridized carbons (Fsp3) is 0.435. The van der Waals surface area contributed by atoms with Gasteiger partial charge in [-0.25, -0.2) is 4.39 Å². The van der Waals surface area contributed by atoms with Gasteiger partial charge >= 0.3 is 0 Å². The Morgan fingerprint density at radius 2 is 2.03 bits per heavy atom. The van der Waals surface area contributed by atoms with Crippen molar-refractivity contribution in [2.45, 2.75) is 19.7 Å². The van der Waals surface area contributed by atoms with Crippen molar-refractivity contribution in [1.82, 2.24) is 14.9 Å². The molecule has 10 nitrogen and oxygen atoms in total. The van der Waals surface area contributed by atoms with Gasteiger partial charge in [-0.05, 0) is 30.7 Å². The van der Waals surface area contributed by atoms with Crippen LogP contribution in [0.5, 0.6) is 0 Å². The van der Waals surface area contributed by atoms with Crippen molar-refractivity contribution >= 4 is 22.5 Å². The van der Waals surface area contributed by atoms with Crippen LogP contribution in [0.1, 0.15) is 23.1 Å². The van der Waals surface area contributed by atoms with Crippen molar-refractivity contribution in [3.8, 4) is 0 Å². The largest absolute Gasteiger partial charge is 0.459 e. The number of ether oxygens (including phenoxy) is 1. The summed E-state index contributed by atoms with van der Waals surface area (Å²) in [4.78, 5) is 20.4. The Morgan fingerprint density at radius 3 is 2.74 bits per heavy atom. The summed E-state index contributed by atoms with van der Waals surface area (Å²) in [6, 6.07) is 6.31. The number of hydrogen-bond acceptors (Lipinski definition) is 9. The van der Waals surface area contributed by atoms with Crippen molar-refractivity contribution in [2.75, 3.05) is 44.8 Å². The minimum atomic E-state index is -1.45. The molecule has 1 atom stereocenters. The number of aromatic nitrogens is 1. The molecule has 184 valence electrons. The summed E-state index contributed by atoms with van der Waals surface area (Å²) in [5.41, 5.74) is 3.27. The van der Waals surface area contributed by atoms with Gasteiger partial charge in [0, 0.05) is 20.1 Å². The van der Waals surface area contributed by atoms with Crippen molar-refractivity contribution in [3.63, 3.8) is 0 Å². The second-order valence-electron chi connectivity index (χ2n) is 8.17.